The minimum atomic E-state index is -0.854. The molecule has 0 atom stereocenters. The van der Waals surface area contributed by atoms with E-state index < -0.39 is 5.41 Å². The van der Waals surface area contributed by atoms with E-state index >= 15 is 0 Å². The van der Waals surface area contributed by atoms with Crippen molar-refractivity contribution < 1.29 is 4.79 Å². The largest absolute Gasteiger partial charge is 0.306 e. The molecule has 0 saturated carbocycles. The van der Waals surface area contributed by atoms with Gasteiger partial charge in [0.15, 0.2) is 0 Å². The summed E-state index contributed by atoms with van der Waals surface area (Å²) >= 11 is 0. The van der Waals surface area contributed by atoms with E-state index in [4.69, 9.17) is 0 Å². The molecule has 2 nitrogen and oxygen atoms in total. The van der Waals surface area contributed by atoms with E-state index in [0.29, 0.717) is 6.54 Å². The van der Waals surface area contributed by atoms with Crippen LogP contribution < -0.4 is 4.90 Å². The summed E-state index contributed by atoms with van der Waals surface area (Å²) in [5.41, 5.74) is 6.68. The number of para-hydroxylation sites is 1. The van der Waals surface area contributed by atoms with Gasteiger partial charge in [-0.05, 0) is 36.6 Å². The van der Waals surface area contributed by atoms with Gasteiger partial charge in [0.25, 0.3) is 0 Å². The number of aryl methyl sites for hydroxylation is 2. The van der Waals surface area contributed by atoms with Crippen molar-refractivity contribution in [3.63, 3.8) is 0 Å². The standard InChI is InChI=1S/C29H25NO/c1-21-12-16-24(17-13-21)29(25-18-14-22(2)15-19-25)26-10-6-7-11-27(26)30(28(29)31)20-23-8-4-3-5-9-23/h3-19H,20H2,1-2H3. The maximum atomic E-state index is 14.4. The molecule has 4 aromatic carbocycles. The van der Waals surface area contributed by atoms with E-state index in [9.17, 15) is 4.79 Å². The maximum Gasteiger partial charge on any atom is 0.247 e. The zero-order valence-electron chi connectivity index (χ0n) is 17.9. The smallest absolute Gasteiger partial charge is 0.247 e. The normalized spacial score (nSPS) is 14.5. The van der Waals surface area contributed by atoms with Crippen molar-refractivity contribution in [2.45, 2.75) is 25.8 Å². The van der Waals surface area contributed by atoms with Crippen molar-refractivity contribution in [1.82, 2.24) is 0 Å². The quantitative estimate of drug-likeness (QED) is 0.398. The van der Waals surface area contributed by atoms with Gasteiger partial charge in [-0.25, -0.2) is 0 Å². The Morgan fingerprint density at radius 2 is 1.16 bits per heavy atom. The Hall–Kier alpha value is -3.65. The Labute approximate surface area is 183 Å². The molecule has 1 aliphatic heterocycles. The lowest BCUT2D eigenvalue weighted by Crippen LogP contribution is -2.42. The molecule has 0 aliphatic carbocycles. The number of hydrogen-bond acceptors (Lipinski definition) is 1. The van der Waals surface area contributed by atoms with Gasteiger partial charge in [-0.1, -0.05) is 108 Å². The van der Waals surface area contributed by atoms with Crippen molar-refractivity contribution in [2.75, 3.05) is 4.90 Å². The van der Waals surface area contributed by atoms with Gasteiger partial charge in [0.05, 0.1) is 6.54 Å². The zero-order valence-corrected chi connectivity index (χ0v) is 17.9. The molecular weight excluding hydrogens is 378 g/mol. The third-order valence-electron chi connectivity index (χ3n) is 6.32. The summed E-state index contributed by atoms with van der Waals surface area (Å²) in [5.74, 6) is 0.102. The molecule has 0 fully saturated rings. The summed E-state index contributed by atoms with van der Waals surface area (Å²) in [6.45, 7) is 4.71. The molecule has 1 amide bonds. The molecule has 31 heavy (non-hydrogen) atoms. The summed E-state index contributed by atoms with van der Waals surface area (Å²) < 4.78 is 0. The second-order valence-corrected chi connectivity index (χ2v) is 8.38. The minimum Gasteiger partial charge on any atom is -0.306 e. The fourth-order valence-corrected chi connectivity index (χ4v) is 4.71. The van der Waals surface area contributed by atoms with E-state index in [0.717, 1.165) is 27.9 Å². The molecule has 0 aromatic heterocycles. The van der Waals surface area contributed by atoms with Crippen LogP contribution in [0.2, 0.25) is 0 Å². The summed E-state index contributed by atoms with van der Waals surface area (Å²) in [4.78, 5) is 16.3. The highest BCUT2D eigenvalue weighted by atomic mass is 16.2. The number of nitrogens with zero attached hydrogens (tertiary/aromatic N) is 1. The summed E-state index contributed by atoms with van der Waals surface area (Å²) in [5, 5.41) is 0. The molecule has 0 unspecified atom stereocenters. The van der Waals surface area contributed by atoms with Gasteiger partial charge in [0.1, 0.15) is 5.41 Å². The van der Waals surface area contributed by atoms with Gasteiger partial charge in [-0.3, -0.25) is 4.79 Å². The lowest BCUT2D eigenvalue weighted by molar-refractivity contribution is -0.120. The third kappa shape index (κ3) is 3.07. The van der Waals surface area contributed by atoms with Crippen molar-refractivity contribution in [3.8, 4) is 0 Å². The van der Waals surface area contributed by atoms with Crippen LogP contribution in [0, 0.1) is 13.8 Å². The first kappa shape index (κ1) is 19.3. The molecule has 0 radical (unpaired) electrons. The van der Waals surface area contributed by atoms with Crippen LogP contribution in [0.3, 0.4) is 0 Å². The third-order valence-corrected chi connectivity index (χ3v) is 6.32. The van der Waals surface area contributed by atoms with Gasteiger partial charge < -0.3 is 4.90 Å². The van der Waals surface area contributed by atoms with Crippen LogP contribution in [0.25, 0.3) is 0 Å². The van der Waals surface area contributed by atoms with E-state index in [1.165, 1.54) is 11.1 Å². The van der Waals surface area contributed by atoms with Gasteiger partial charge in [0, 0.05) is 11.3 Å². The Balaban J connectivity index is 1.76. The molecule has 5 rings (SSSR count). The van der Waals surface area contributed by atoms with Crippen LogP contribution in [0.1, 0.15) is 33.4 Å². The fraction of sp³-hybridized carbons (Fsp3) is 0.138. The van der Waals surface area contributed by atoms with Crippen LogP contribution in [0.4, 0.5) is 5.69 Å². The number of carbonyl (C=O) groups is 1. The number of rotatable bonds is 4. The molecule has 4 aromatic rings. The first-order valence-electron chi connectivity index (χ1n) is 10.7. The Kier molecular flexibility index (Phi) is 4.71. The van der Waals surface area contributed by atoms with E-state index in [2.05, 4.69) is 86.6 Å². The van der Waals surface area contributed by atoms with Crippen molar-refractivity contribution >= 4 is 11.6 Å². The molecule has 0 spiro atoms. The Morgan fingerprint density at radius 1 is 0.645 bits per heavy atom. The van der Waals surface area contributed by atoms with Crippen LogP contribution in [-0.4, -0.2) is 5.91 Å². The molecule has 0 N–H and O–H groups in total. The van der Waals surface area contributed by atoms with Crippen molar-refractivity contribution in [3.05, 3.63) is 137 Å². The summed E-state index contributed by atoms with van der Waals surface area (Å²) in [6, 6.07) is 35.3. The van der Waals surface area contributed by atoms with Crippen molar-refractivity contribution in [1.29, 1.82) is 0 Å². The summed E-state index contributed by atoms with van der Waals surface area (Å²) in [6.07, 6.45) is 0. The van der Waals surface area contributed by atoms with E-state index in [1.54, 1.807) is 0 Å². The van der Waals surface area contributed by atoms with Gasteiger partial charge >= 0.3 is 0 Å². The highest BCUT2D eigenvalue weighted by Gasteiger charge is 2.53. The Morgan fingerprint density at radius 3 is 1.74 bits per heavy atom. The lowest BCUT2D eigenvalue weighted by Gasteiger charge is -2.30. The second-order valence-electron chi connectivity index (χ2n) is 8.38. The number of anilines is 1. The Bertz CT molecular complexity index is 1180. The number of hydrogen-bond donors (Lipinski definition) is 0. The molecule has 152 valence electrons. The molecular formula is C29H25NO. The number of fused-ring (bicyclic) bond motifs is 1. The molecule has 1 heterocycles. The zero-order chi connectivity index (χ0) is 21.4. The van der Waals surface area contributed by atoms with Crippen LogP contribution in [0.15, 0.2) is 103 Å². The topological polar surface area (TPSA) is 20.3 Å². The van der Waals surface area contributed by atoms with E-state index in [-0.39, 0.29) is 5.91 Å². The van der Waals surface area contributed by atoms with E-state index in [1.807, 2.05) is 35.2 Å². The molecule has 1 aliphatic rings. The molecule has 0 bridgehead atoms. The first-order chi connectivity index (χ1) is 15.1. The lowest BCUT2D eigenvalue weighted by atomic mass is 9.70. The van der Waals surface area contributed by atoms with Crippen LogP contribution in [0.5, 0.6) is 0 Å². The number of carbonyl (C=O) groups excluding carboxylic acids is 1. The minimum absolute atomic E-state index is 0.102. The predicted octanol–water partition coefficient (Wildman–Crippen LogP) is 6.18. The van der Waals surface area contributed by atoms with Gasteiger partial charge in [-0.15, -0.1) is 0 Å². The highest BCUT2D eigenvalue weighted by Crippen LogP contribution is 2.50. The summed E-state index contributed by atoms with van der Waals surface area (Å²) in [7, 11) is 0. The predicted molar refractivity (Wildman–Crippen MR) is 126 cm³/mol. The first-order valence-corrected chi connectivity index (χ1v) is 10.7. The average molecular weight is 404 g/mol. The van der Waals surface area contributed by atoms with Crippen LogP contribution in [-0.2, 0) is 16.8 Å². The number of amides is 1. The highest BCUT2D eigenvalue weighted by molar-refractivity contribution is 6.12. The molecule has 0 saturated heterocycles. The fourth-order valence-electron chi connectivity index (χ4n) is 4.71. The monoisotopic (exact) mass is 403 g/mol. The van der Waals surface area contributed by atoms with Crippen molar-refractivity contribution in [2.24, 2.45) is 0 Å². The number of benzene rings is 4. The van der Waals surface area contributed by atoms with Crippen LogP contribution >= 0.6 is 0 Å². The van der Waals surface area contributed by atoms with Gasteiger partial charge in [-0.2, -0.15) is 0 Å². The van der Waals surface area contributed by atoms with Gasteiger partial charge in [0.2, 0.25) is 5.91 Å². The maximum absolute atomic E-state index is 14.4. The second kappa shape index (κ2) is 7.55. The average Bonchev–Trinajstić information content (AvgIpc) is 3.05. The molecule has 2 heteroatoms. The SMILES string of the molecule is Cc1ccc(C2(c3ccc(C)cc3)C(=O)N(Cc3ccccc3)c3ccccc32)cc1.